The van der Waals surface area contributed by atoms with Crippen molar-refractivity contribution in [2.24, 2.45) is 11.5 Å². The number of hydrogen-bond donors (Lipinski definition) is 5. The predicted octanol–water partition coefficient (Wildman–Crippen LogP) is -2.73. The third-order valence-electron chi connectivity index (χ3n) is 4.00. The number of rotatable bonds is 8. The molecule has 4 amide bonds. The number of carboxylic acids is 1. The Morgan fingerprint density at radius 2 is 1.81 bits per heavy atom. The Morgan fingerprint density at radius 1 is 1.19 bits per heavy atom. The van der Waals surface area contributed by atoms with E-state index in [1.54, 1.807) is 0 Å². The van der Waals surface area contributed by atoms with Gasteiger partial charge in [0.1, 0.15) is 18.1 Å². The summed E-state index contributed by atoms with van der Waals surface area (Å²) in [6.45, 7) is 3.11. The summed E-state index contributed by atoms with van der Waals surface area (Å²) < 4.78 is 0. The first-order chi connectivity index (χ1) is 12.0. The topological polar surface area (TPSA) is 185 Å². The van der Waals surface area contributed by atoms with Crippen molar-refractivity contribution in [3.8, 4) is 0 Å². The second-order valence-corrected chi connectivity index (χ2v) is 6.28. The van der Waals surface area contributed by atoms with E-state index in [0.717, 1.165) is 0 Å². The maximum absolute atomic E-state index is 12.5. The lowest BCUT2D eigenvalue weighted by Crippen LogP contribution is -2.56. The number of primary amides is 1. The highest BCUT2D eigenvalue weighted by Gasteiger charge is 2.37. The van der Waals surface area contributed by atoms with Crippen molar-refractivity contribution in [3.05, 3.63) is 0 Å². The molecule has 1 saturated heterocycles. The van der Waals surface area contributed by atoms with E-state index in [9.17, 15) is 24.0 Å². The van der Waals surface area contributed by atoms with Gasteiger partial charge in [-0.15, -0.1) is 0 Å². The second-order valence-electron chi connectivity index (χ2n) is 6.28. The number of nitrogens with zero attached hydrogens (tertiary/aromatic N) is 1. The van der Waals surface area contributed by atoms with Crippen molar-refractivity contribution < 1.29 is 29.1 Å². The first-order valence-corrected chi connectivity index (χ1v) is 8.22. The van der Waals surface area contributed by atoms with Crippen LogP contribution in [0.25, 0.3) is 0 Å². The first-order valence-electron chi connectivity index (χ1n) is 8.22. The van der Waals surface area contributed by atoms with Gasteiger partial charge in [0, 0.05) is 6.54 Å². The van der Waals surface area contributed by atoms with Gasteiger partial charge in [0.05, 0.1) is 12.5 Å². The molecule has 11 heteroatoms. The largest absolute Gasteiger partial charge is 0.480 e. The van der Waals surface area contributed by atoms with Crippen LogP contribution >= 0.6 is 0 Å². The summed E-state index contributed by atoms with van der Waals surface area (Å²) >= 11 is 0. The number of nitrogens with one attached hydrogen (secondary N) is 2. The van der Waals surface area contributed by atoms with Crippen molar-refractivity contribution in [2.45, 2.75) is 57.3 Å². The number of carbonyl (C=O) groups is 5. The molecule has 0 aromatic carbocycles. The molecule has 0 aromatic heterocycles. The summed E-state index contributed by atoms with van der Waals surface area (Å²) in [7, 11) is 0. The van der Waals surface area contributed by atoms with Crippen molar-refractivity contribution in [3.63, 3.8) is 0 Å². The van der Waals surface area contributed by atoms with Gasteiger partial charge < -0.3 is 32.1 Å². The number of amides is 4. The molecule has 0 spiro atoms. The van der Waals surface area contributed by atoms with Crippen LogP contribution in [-0.4, -0.2) is 70.3 Å². The zero-order chi connectivity index (χ0) is 20.0. The number of nitrogens with two attached hydrogens (primary N) is 2. The second kappa shape index (κ2) is 9.13. The van der Waals surface area contributed by atoms with Crippen molar-refractivity contribution in [1.29, 1.82) is 0 Å². The summed E-state index contributed by atoms with van der Waals surface area (Å²) in [6, 6.07) is -4.13. The van der Waals surface area contributed by atoms with E-state index < -0.39 is 60.2 Å². The number of hydrogen-bond acceptors (Lipinski definition) is 6. The van der Waals surface area contributed by atoms with Crippen LogP contribution in [0, 0.1) is 0 Å². The summed E-state index contributed by atoms with van der Waals surface area (Å²) in [6.07, 6.45) is 0.484. The molecule has 146 valence electrons. The summed E-state index contributed by atoms with van der Waals surface area (Å²) in [4.78, 5) is 60.1. The molecule has 0 aliphatic carbocycles. The average Bonchev–Trinajstić information content (AvgIpc) is 3.02. The van der Waals surface area contributed by atoms with Crippen molar-refractivity contribution >= 4 is 29.6 Å². The molecule has 26 heavy (non-hydrogen) atoms. The SMILES string of the molecule is CC(N)C(=O)N1CCCC1C(=O)NC(CC(N)=O)C(=O)NC(C)C(=O)O. The van der Waals surface area contributed by atoms with E-state index in [0.29, 0.717) is 19.4 Å². The maximum atomic E-state index is 12.5. The standard InChI is InChI=1S/C15H25N5O6/c1-7(16)14(24)20-5-3-4-10(20)13(23)19-9(6-11(17)21)12(22)18-8(2)15(25)26/h7-10H,3-6,16H2,1-2H3,(H2,17,21)(H,18,22)(H,19,23)(H,25,26). The van der Waals surface area contributed by atoms with Gasteiger partial charge in [-0.2, -0.15) is 0 Å². The van der Waals surface area contributed by atoms with Gasteiger partial charge in [-0.05, 0) is 26.7 Å². The average molecular weight is 371 g/mol. The van der Waals surface area contributed by atoms with Crippen molar-refractivity contribution in [2.75, 3.05) is 6.54 Å². The van der Waals surface area contributed by atoms with Gasteiger partial charge in [-0.1, -0.05) is 0 Å². The molecule has 4 atom stereocenters. The first kappa shape index (κ1) is 21.4. The Morgan fingerprint density at radius 3 is 2.31 bits per heavy atom. The van der Waals surface area contributed by atoms with Gasteiger partial charge in [0.2, 0.25) is 23.6 Å². The van der Waals surface area contributed by atoms with E-state index in [1.807, 2.05) is 0 Å². The van der Waals surface area contributed by atoms with Crippen LogP contribution in [0.15, 0.2) is 0 Å². The van der Waals surface area contributed by atoms with Gasteiger partial charge in [0.15, 0.2) is 0 Å². The summed E-state index contributed by atoms with van der Waals surface area (Å²) in [5, 5.41) is 13.4. The van der Waals surface area contributed by atoms with Crippen LogP contribution in [0.1, 0.15) is 33.1 Å². The van der Waals surface area contributed by atoms with Crippen LogP contribution in [-0.2, 0) is 24.0 Å². The van der Waals surface area contributed by atoms with Crippen LogP contribution in [0.3, 0.4) is 0 Å². The number of carboxylic acid groups (broad SMARTS) is 1. The smallest absolute Gasteiger partial charge is 0.325 e. The van der Waals surface area contributed by atoms with Crippen LogP contribution in [0.5, 0.6) is 0 Å². The molecule has 0 aromatic rings. The Balaban J connectivity index is 2.84. The molecule has 1 aliphatic heterocycles. The molecule has 7 N–H and O–H groups in total. The monoisotopic (exact) mass is 371 g/mol. The molecule has 1 heterocycles. The molecular formula is C15H25N5O6. The molecule has 0 bridgehead atoms. The molecule has 0 radical (unpaired) electrons. The normalized spacial score (nSPS) is 20.0. The highest BCUT2D eigenvalue weighted by Crippen LogP contribution is 2.18. The Kier molecular flexibility index (Phi) is 7.50. The zero-order valence-electron chi connectivity index (χ0n) is 14.7. The molecule has 0 saturated carbocycles. The van der Waals surface area contributed by atoms with Gasteiger partial charge >= 0.3 is 5.97 Å². The Bertz CT molecular complexity index is 593. The van der Waals surface area contributed by atoms with Gasteiger partial charge in [0.25, 0.3) is 0 Å². The number of aliphatic carboxylic acids is 1. The van der Waals surface area contributed by atoms with E-state index in [1.165, 1.54) is 18.7 Å². The van der Waals surface area contributed by atoms with E-state index >= 15 is 0 Å². The maximum Gasteiger partial charge on any atom is 0.325 e. The minimum Gasteiger partial charge on any atom is -0.480 e. The summed E-state index contributed by atoms with van der Waals surface area (Å²) in [5.74, 6) is -3.98. The van der Waals surface area contributed by atoms with E-state index in [-0.39, 0.29) is 0 Å². The quantitative estimate of drug-likeness (QED) is 0.306. The minimum atomic E-state index is -1.34. The third-order valence-corrected chi connectivity index (χ3v) is 4.00. The van der Waals surface area contributed by atoms with E-state index in [4.69, 9.17) is 16.6 Å². The Hall–Kier alpha value is -2.69. The van der Waals surface area contributed by atoms with E-state index in [2.05, 4.69) is 10.6 Å². The Labute approximate surface area is 150 Å². The highest BCUT2D eigenvalue weighted by atomic mass is 16.4. The van der Waals surface area contributed by atoms with Crippen LogP contribution < -0.4 is 22.1 Å². The number of likely N-dealkylation sites (tertiary alicyclic amines) is 1. The summed E-state index contributed by atoms with van der Waals surface area (Å²) in [5.41, 5.74) is 10.7. The third kappa shape index (κ3) is 5.69. The molecule has 4 unspecified atom stereocenters. The molecule has 11 nitrogen and oxygen atoms in total. The molecule has 1 rings (SSSR count). The predicted molar refractivity (Wildman–Crippen MR) is 89.4 cm³/mol. The molecular weight excluding hydrogens is 346 g/mol. The fourth-order valence-electron chi connectivity index (χ4n) is 2.62. The zero-order valence-corrected chi connectivity index (χ0v) is 14.7. The highest BCUT2D eigenvalue weighted by molar-refractivity contribution is 5.96. The van der Waals surface area contributed by atoms with Crippen LogP contribution in [0.2, 0.25) is 0 Å². The van der Waals surface area contributed by atoms with Gasteiger partial charge in [-0.25, -0.2) is 0 Å². The van der Waals surface area contributed by atoms with Crippen molar-refractivity contribution in [1.82, 2.24) is 15.5 Å². The molecule has 1 aliphatic rings. The lowest BCUT2D eigenvalue weighted by Gasteiger charge is -2.27. The van der Waals surface area contributed by atoms with Crippen LogP contribution in [0.4, 0.5) is 0 Å². The minimum absolute atomic E-state index is 0.362. The lowest BCUT2D eigenvalue weighted by atomic mass is 10.1. The molecule has 1 fully saturated rings. The fourth-order valence-corrected chi connectivity index (χ4v) is 2.62. The van der Waals surface area contributed by atoms with Gasteiger partial charge in [-0.3, -0.25) is 24.0 Å². The fraction of sp³-hybridized carbons (Fsp3) is 0.667. The lowest BCUT2D eigenvalue weighted by molar-refractivity contribution is -0.142. The number of carbonyl (C=O) groups excluding carboxylic acids is 4.